The monoisotopic (exact) mass is 524 g/mol. The minimum Gasteiger partial charge on any atom is -0.650 e. The summed E-state index contributed by atoms with van der Waals surface area (Å²) in [5.74, 6) is -0.687. The first-order valence-electron chi connectivity index (χ1n) is 7.46. The van der Waals surface area contributed by atoms with Crippen molar-refractivity contribution in [3.8, 4) is 17.1 Å². The first-order valence-corrected chi connectivity index (χ1v) is 7.46. The normalized spacial score (nSPS) is 15.6. The Labute approximate surface area is 159 Å². The van der Waals surface area contributed by atoms with Crippen molar-refractivity contribution in [1.29, 1.82) is 0 Å². The van der Waals surface area contributed by atoms with Gasteiger partial charge in [-0.05, 0) is 13.0 Å². The van der Waals surface area contributed by atoms with Gasteiger partial charge in [0.15, 0.2) is 5.88 Å². The molecule has 3 rings (SSSR count). The number of aryl methyl sites for hydroxylation is 1. The summed E-state index contributed by atoms with van der Waals surface area (Å²) < 4.78 is 17.9. The van der Waals surface area contributed by atoms with Crippen LogP contribution in [-0.4, -0.2) is 40.7 Å². The molecule has 6 nitrogen and oxygen atoms in total. The van der Waals surface area contributed by atoms with Crippen LogP contribution in [0.15, 0.2) is 24.4 Å². The summed E-state index contributed by atoms with van der Waals surface area (Å²) in [6.45, 7) is 2.56. The third-order valence-corrected chi connectivity index (χ3v) is 3.35. The summed E-state index contributed by atoms with van der Waals surface area (Å²) >= 11 is 0. The first-order chi connectivity index (χ1) is 11.5. The number of carboxylic acids is 1. The van der Waals surface area contributed by atoms with Gasteiger partial charge >= 0.3 is 0 Å². The van der Waals surface area contributed by atoms with Gasteiger partial charge in [-0.25, -0.2) is 4.98 Å². The van der Waals surface area contributed by atoms with Crippen LogP contribution in [0.1, 0.15) is 18.5 Å². The zero-order valence-corrected chi connectivity index (χ0v) is 16.2. The number of rotatable bonds is 3. The van der Waals surface area contributed by atoms with Crippen LogP contribution in [-0.2, 0) is 24.9 Å². The summed E-state index contributed by atoms with van der Waals surface area (Å²) in [7, 11) is 1.52. The van der Waals surface area contributed by atoms with Crippen molar-refractivity contribution >= 4 is 5.97 Å². The van der Waals surface area contributed by atoms with Crippen molar-refractivity contribution in [3.05, 3.63) is 47.3 Å². The van der Waals surface area contributed by atoms with Crippen LogP contribution in [0.25, 0.3) is 16.6 Å². The van der Waals surface area contributed by atoms with Crippen LogP contribution in [0.4, 0.5) is 4.39 Å². The van der Waals surface area contributed by atoms with E-state index in [0.717, 1.165) is 25.1 Å². The molecule has 0 bridgehead atoms. The number of aromatic nitrogens is 2. The topological polar surface area (TPSA) is 86.4 Å². The van der Waals surface area contributed by atoms with Gasteiger partial charge in [0.05, 0.1) is 12.8 Å². The number of aliphatic carboxylic acids is 1. The van der Waals surface area contributed by atoms with Crippen molar-refractivity contribution in [2.24, 2.45) is 0 Å². The van der Waals surface area contributed by atoms with Gasteiger partial charge in [-0.2, -0.15) is 0 Å². The predicted octanol–water partition coefficient (Wildman–Crippen LogP) is 3.00. The Balaban J connectivity index is 0.000000295. The fraction of sp³-hybridized carbons (Fsp3) is 0.353. The maximum absolute atomic E-state index is 12.8. The van der Waals surface area contributed by atoms with Crippen LogP contribution in [0.2, 0.25) is 0 Å². The van der Waals surface area contributed by atoms with Crippen LogP contribution in [0, 0.1) is 18.8 Å². The van der Waals surface area contributed by atoms with Crippen LogP contribution in [0.5, 0.6) is 5.88 Å². The molecule has 1 N–H and O–H groups in total. The van der Waals surface area contributed by atoms with E-state index < -0.39 is 12.0 Å². The minimum atomic E-state index is -0.775. The van der Waals surface area contributed by atoms with E-state index in [2.05, 4.69) is 21.4 Å². The van der Waals surface area contributed by atoms with Gasteiger partial charge in [0.1, 0.15) is 0 Å². The molecule has 0 saturated carbocycles. The Morgan fingerprint density at radius 2 is 2.24 bits per heavy atom. The van der Waals surface area contributed by atoms with Gasteiger partial charge in [0.25, 0.3) is 5.97 Å². The number of carbonyl (C=O) groups is 1. The molecule has 1 fully saturated rings. The SMILES string of the molecule is COc1nc(C)cnc1-c1[c-]cc(F)cc1.O=C(O)C1CCC[N-]1.[Ir]. The van der Waals surface area contributed by atoms with Gasteiger partial charge in [0, 0.05) is 37.8 Å². The number of carboxylic acid groups (broad SMARTS) is 1. The van der Waals surface area contributed by atoms with Crippen molar-refractivity contribution in [2.45, 2.75) is 25.8 Å². The molecule has 8 heteroatoms. The second-order valence-electron chi connectivity index (χ2n) is 5.19. The summed E-state index contributed by atoms with van der Waals surface area (Å²) in [4.78, 5) is 18.5. The van der Waals surface area contributed by atoms with E-state index in [4.69, 9.17) is 9.84 Å². The second-order valence-corrected chi connectivity index (χ2v) is 5.19. The van der Waals surface area contributed by atoms with Crippen LogP contribution in [0.3, 0.4) is 0 Å². The van der Waals surface area contributed by atoms with Crippen molar-refractivity contribution in [1.82, 2.24) is 9.97 Å². The van der Waals surface area contributed by atoms with E-state index in [1.807, 2.05) is 6.92 Å². The third kappa shape index (κ3) is 6.16. The van der Waals surface area contributed by atoms with Gasteiger partial charge in [-0.15, -0.1) is 36.4 Å². The smallest absolute Gasteiger partial charge is 0.285 e. The molecular weight excluding hydrogens is 505 g/mol. The molecule has 0 amide bonds. The standard InChI is InChI=1S/C12H10FN2O.C5H8NO2.Ir/c1-8-7-14-11(12(15-8)16-2)9-3-5-10(13)6-4-9;7-5(8)4-2-1-3-6-4;/h3,5-7H,1-2H3;4H,1-3H2,(H,7,8);/q2*-1;. The van der Waals surface area contributed by atoms with E-state index in [9.17, 15) is 9.18 Å². The fourth-order valence-electron chi connectivity index (χ4n) is 2.16. The zero-order chi connectivity index (χ0) is 17.5. The molecule has 1 aromatic carbocycles. The summed E-state index contributed by atoms with van der Waals surface area (Å²) in [5.41, 5.74) is 1.99. The van der Waals surface area contributed by atoms with E-state index >= 15 is 0 Å². The molecule has 0 aliphatic carbocycles. The number of hydrogen-bond donors (Lipinski definition) is 1. The van der Waals surface area contributed by atoms with Gasteiger partial charge < -0.3 is 15.2 Å². The van der Waals surface area contributed by atoms with E-state index in [1.165, 1.54) is 19.2 Å². The maximum atomic E-state index is 12.8. The molecule has 25 heavy (non-hydrogen) atoms. The molecule has 1 aliphatic heterocycles. The second kappa shape index (κ2) is 10.2. The Bertz CT molecular complexity index is 692. The molecule has 2 heterocycles. The Morgan fingerprint density at radius 1 is 1.48 bits per heavy atom. The molecule has 1 aliphatic rings. The average molecular weight is 524 g/mol. The Morgan fingerprint density at radius 3 is 2.72 bits per heavy atom. The van der Waals surface area contributed by atoms with Crippen LogP contribution < -0.4 is 4.74 Å². The molecule has 1 atom stereocenters. The zero-order valence-electron chi connectivity index (χ0n) is 13.8. The molecule has 1 radical (unpaired) electrons. The maximum Gasteiger partial charge on any atom is 0.285 e. The molecule has 0 spiro atoms. The number of benzene rings is 1. The summed E-state index contributed by atoms with van der Waals surface area (Å²) in [6, 6.07) is 6.60. The Hall–Kier alpha value is -1.89. The van der Waals surface area contributed by atoms with Gasteiger partial charge in [-0.1, -0.05) is 12.8 Å². The minimum absolute atomic E-state index is 0. The first kappa shape index (κ1) is 21.2. The van der Waals surface area contributed by atoms with Crippen LogP contribution >= 0.6 is 0 Å². The quantitative estimate of drug-likeness (QED) is 0.626. The summed E-state index contributed by atoms with van der Waals surface area (Å²) in [5, 5.41) is 12.2. The molecular formula is C17H18FIrN3O3-2. The van der Waals surface area contributed by atoms with Crippen molar-refractivity contribution in [3.63, 3.8) is 0 Å². The van der Waals surface area contributed by atoms with Crippen molar-refractivity contribution in [2.75, 3.05) is 13.7 Å². The van der Waals surface area contributed by atoms with Crippen molar-refractivity contribution < 1.29 is 39.1 Å². The molecule has 1 saturated heterocycles. The number of halogens is 1. The van der Waals surface area contributed by atoms with E-state index in [1.54, 1.807) is 12.3 Å². The van der Waals surface area contributed by atoms with E-state index in [0.29, 0.717) is 17.1 Å². The average Bonchev–Trinajstić information content (AvgIpc) is 3.11. The molecule has 2 aromatic rings. The fourth-order valence-corrected chi connectivity index (χ4v) is 2.16. The largest absolute Gasteiger partial charge is 0.650 e. The number of nitrogens with zero attached hydrogens (tertiary/aromatic N) is 3. The Kier molecular flexibility index (Phi) is 8.61. The van der Waals surface area contributed by atoms with Gasteiger partial charge in [0.2, 0.25) is 0 Å². The number of hydrogen-bond acceptors (Lipinski definition) is 4. The molecule has 137 valence electrons. The number of methoxy groups -OCH3 is 1. The van der Waals surface area contributed by atoms with E-state index in [-0.39, 0.29) is 25.9 Å². The molecule has 1 aromatic heterocycles. The van der Waals surface area contributed by atoms with Gasteiger partial charge in [-0.3, -0.25) is 14.2 Å². The molecule has 1 unspecified atom stereocenters. The number of ether oxygens (including phenoxy) is 1. The summed E-state index contributed by atoms with van der Waals surface area (Å²) in [6.07, 6.45) is 3.31. The predicted molar refractivity (Wildman–Crippen MR) is 86.4 cm³/mol. The third-order valence-electron chi connectivity index (χ3n) is 3.35.